The molecule has 0 bridgehead atoms. The van der Waals surface area contributed by atoms with Gasteiger partial charge in [-0.2, -0.15) is 0 Å². The molecule has 0 fully saturated rings. The Morgan fingerprint density at radius 3 is 0.703 bits per heavy atom. The van der Waals surface area contributed by atoms with Crippen LogP contribution in [0.4, 0.5) is 0 Å². The van der Waals surface area contributed by atoms with E-state index >= 15 is 0 Å². The van der Waals surface area contributed by atoms with E-state index in [4.69, 9.17) is 33.2 Å². The molecule has 9 nitrogen and oxygen atoms in total. The maximum absolute atomic E-state index is 15.0. The maximum atomic E-state index is 15.0. The van der Waals surface area contributed by atoms with Gasteiger partial charge in [0, 0.05) is 60.2 Å². The van der Waals surface area contributed by atoms with E-state index in [0.717, 1.165) is 46.2 Å². The van der Waals surface area contributed by atoms with E-state index in [2.05, 4.69) is 218 Å². The molecular weight excluding hydrogens is 1780 g/mol. The highest BCUT2D eigenvalue weighted by atomic mass is 16.5. The molecular formula is C136H172O9. The van der Waals surface area contributed by atoms with Gasteiger partial charge in [0.15, 0.2) is 5.78 Å². The second-order valence-corrected chi connectivity index (χ2v) is 43.7. The van der Waals surface area contributed by atoms with Crippen LogP contribution in [0.2, 0.25) is 0 Å². The molecule has 0 aliphatic heterocycles. The average Bonchev–Trinajstić information content (AvgIpc) is 1.92. The van der Waals surface area contributed by atoms with Crippen LogP contribution in [0.1, 0.15) is 400 Å². The normalized spacial score (nSPS) is 14.1. The fraction of sp³-hybridized carbons (Fsp3) is 0.500. The minimum absolute atomic E-state index is 0.000912. The molecule has 5 aliphatic carbocycles. The maximum Gasteiger partial charge on any atom is 0.337 e. The number of methoxy groups -OCH3 is 3. The smallest absolute Gasteiger partial charge is 0.337 e. The Bertz CT molecular complexity index is 6010. The SMILES string of the molecule is CCCCCCCCC1(CCCCCCCC)c2cc(C)ccc2-c2ccc(-c3ccc4c(c3)C(CCCCCCCC)(CCCCCCCC)c3cc(-c5ccc6c(c5)C(CCCCCCCC)(CCCCCCCC)c5cc(-c7ccc8c(c7)C(CCOCCOCCOC)(CCOCCOCCOC)c7cc(-c9ccc%10c(c9)C(=O)c9cc(-c%11cccc(C(=O)OC)c%11)ccc9-%10)ccc7-8)ccc5-6)ccc3-4)cc21. The summed E-state index contributed by atoms with van der Waals surface area (Å²) in [5.74, 6) is -0.412. The van der Waals surface area contributed by atoms with E-state index in [-0.39, 0.29) is 22.0 Å². The van der Waals surface area contributed by atoms with Crippen molar-refractivity contribution in [2.45, 2.75) is 353 Å². The second-order valence-electron chi connectivity index (χ2n) is 43.7. The molecule has 0 radical (unpaired) electrons. The quantitative estimate of drug-likeness (QED) is 0.0273. The topological polar surface area (TPSA) is 98.8 Å². The molecule has 0 atom stereocenters. The van der Waals surface area contributed by atoms with Crippen molar-refractivity contribution in [3.63, 3.8) is 0 Å². The highest BCUT2D eigenvalue weighted by Gasteiger charge is 2.49. The van der Waals surface area contributed by atoms with Gasteiger partial charge >= 0.3 is 5.97 Å². The Kier molecular flexibility index (Phi) is 39.8. The number of esters is 1. The first-order valence-corrected chi connectivity index (χ1v) is 57.7. The number of unbranched alkanes of at least 4 members (excludes halogenated alkanes) is 30. The molecule has 9 heteroatoms. The molecule has 11 aromatic rings. The van der Waals surface area contributed by atoms with Crippen molar-refractivity contribution in [3.8, 4) is 111 Å². The van der Waals surface area contributed by atoms with E-state index in [1.165, 1.54) is 370 Å². The average molecular weight is 1950 g/mol. The number of rotatable bonds is 66. The number of fused-ring (bicyclic) bond motifs is 15. The van der Waals surface area contributed by atoms with Crippen LogP contribution in [-0.2, 0) is 54.8 Å². The third-order valence-corrected chi connectivity index (χ3v) is 34.1. The minimum Gasteiger partial charge on any atom is -0.465 e. The molecule has 16 rings (SSSR count). The second kappa shape index (κ2) is 53.5. The number of ketones is 1. The van der Waals surface area contributed by atoms with Gasteiger partial charge in [-0.3, -0.25) is 4.79 Å². The van der Waals surface area contributed by atoms with Crippen LogP contribution in [0.15, 0.2) is 206 Å². The summed E-state index contributed by atoms with van der Waals surface area (Å²) in [7, 11) is 4.81. The van der Waals surface area contributed by atoms with Crippen LogP contribution < -0.4 is 0 Å². The zero-order chi connectivity index (χ0) is 101. The summed E-state index contributed by atoms with van der Waals surface area (Å²) in [6, 6.07) is 81.1. The third-order valence-electron chi connectivity index (χ3n) is 34.1. The molecule has 0 aromatic heterocycles. The lowest BCUT2D eigenvalue weighted by molar-refractivity contribution is 0.0145. The van der Waals surface area contributed by atoms with Gasteiger partial charge in [-0.1, -0.05) is 418 Å². The number of ether oxygens (including phenoxy) is 7. The monoisotopic (exact) mass is 1950 g/mol. The Hall–Kier alpha value is -9.68. The van der Waals surface area contributed by atoms with Gasteiger partial charge in [0.05, 0.1) is 65.5 Å². The Morgan fingerprint density at radius 1 is 0.214 bits per heavy atom. The molecule has 770 valence electrons. The number of carbonyl (C=O) groups excluding carboxylic acids is 2. The Labute approximate surface area is 873 Å². The summed E-state index contributed by atoms with van der Waals surface area (Å²) in [6.07, 6.45) is 54.5. The largest absolute Gasteiger partial charge is 0.465 e. The number of aryl methyl sites for hydroxylation is 1. The lowest BCUT2D eigenvalue weighted by Gasteiger charge is -2.34. The van der Waals surface area contributed by atoms with Crippen LogP contribution >= 0.6 is 0 Å². The fourth-order valence-electron chi connectivity index (χ4n) is 26.1. The molecule has 145 heavy (non-hydrogen) atoms. The molecule has 0 saturated heterocycles. The summed E-state index contributed by atoms with van der Waals surface area (Å²) >= 11 is 0. The molecule has 0 unspecified atom stereocenters. The first-order chi connectivity index (χ1) is 71.3. The van der Waals surface area contributed by atoms with Crippen molar-refractivity contribution < 1.29 is 42.7 Å². The summed E-state index contributed by atoms with van der Waals surface area (Å²) in [5.41, 5.74) is 38.8. The summed E-state index contributed by atoms with van der Waals surface area (Å²) < 4.78 is 41.3. The lowest BCUT2D eigenvalue weighted by atomic mass is 9.69. The van der Waals surface area contributed by atoms with E-state index in [0.29, 0.717) is 95.6 Å². The number of hydrogen-bond donors (Lipinski definition) is 0. The van der Waals surface area contributed by atoms with Crippen molar-refractivity contribution in [2.24, 2.45) is 0 Å². The first kappa shape index (κ1) is 108. The van der Waals surface area contributed by atoms with E-state index in [1.54, 1.807) is 42.5 Å². The van der Waals surface area contributed by atoms with Crippen molar-refractivity contribution in [1.29, 1.82) is 0 Å². The van der Waals surface area contributed by atoms with Gasteiger partial charge in [-0.05, 0) is 281 Å². The number of benzene rings is 11. The van der Waals surface area contributed by atoms with E-state index < -0.39 is 11.4 Å². The lowest BCUT2D eigenvalue weighted by Crippen LogP contribution is -2.30. The minimum atomic E-state index is -0.563. The Balaban J connectivity index is 0.791. The molecule has 0 saturated carbocycles. The molecule has 5 aliphatic rings. The van der Waals surface area contributed by atoms with Crippen molar-refractivity contribution >= 4 is 11.8 Å². The molecule has 0 N–H and O–H groups in total. The van der Waals surface area contributed by atoms with E-state index in [9.17, 15) is 9.59 Å². The van der Waals surface area contributed by atoms with Crippen molar-refractivity contribution in [2.75, 3.05) is 87.4 Å². The summed E-state index contributed by atoms with van der Waals surface area (Å²) in [4.78, 5) is 27.7. The molecule has 11 aromatic carbocycles. The van der Waals surface area contributed by atoms with Gasteiger partial charge in [0.25, 0.3) is 0 Å². The van der Waals surface area contributed by atoms with Crippen molar-refractivity contribution in [3.05, 3.63) is 273 Å². The predicted octanol–water partition coefficient (Wildman–Crippen LogP) is 37.0. The van der Waals surface area contributed by atoms with Crippen LogP contribution in [0, 0.1) is 6.92 Å². The third kappa shape index (κ3) is 24.7. The van der Waals surface area contributed by atoms with Crippen LogP contribution in [0.25, 0.3) is 111 Å². The van der Waals surface area contributed by atoms with Crippen LogP contribution in [0.3, 0.4) is 0 Å². The zero-order valence-corrected chi connectivity index (χ0v) is 90.5. The molecule has 0 heterocycles. The number of hydrogen-bond acceptors (Lipinski definition) is 9. The predicted molar refractivity (Wildman–Crippen MR) is 608 cm³/mol. The highest BCUT2D eigenvalue weighted by Crippen LogP contribution is 2.62. The van der Waals surface area contributed by atoms with Gasteiger partial charge < -0.3 is 33.2 Å². The number of carbonyl (C=O) groups is 2. The summed E-state index contributed by atoms with van der Waals surface area (Å²) in [5, 5.41) is 0. The van der Waals surface area contributed by atoms with Gasteiger partial charge in [-0.25, -0.2) is 4.79 Å². The zero-order valence-electron chi connectivity index (χ0n) is 90.5. The van der Waals surface area contributed by atoms with Gasteiger partial charge in [0.1, 0.15) is 0 Å². The van der Waals surface area contributed by atoms with Crippen LogP contribution in [-0.4, -0.2) is 99.2 Å². The van der Waals surface area contributed by atoms with Crippen molar-refractivity contribution in [1.82, 2.24) is 0 Å². The van der Waals surface area contributed by atoms with Crippen LogP contribution in [0.5, 0.6) is 0 Å². The van der Waals surface area contributed by atoms with Gasteiger partial charge in [0.2, 0.25) is 0 Å². The Morgan fingerprint density at radius 2 is 0.434 bits per heavy atom. The molecule has 0 spiro atoms. The van der Waals surface area contributed by atoms with Gasteiger partial charge in [-0.15, -0.1) is 0 Å². The first-order valence-electron chi connectivity index (χ1n) is 57.7. The van der Waals surface area contributed by atoms with E-state index in [1.807, 2.05) is 30.3 Å². The fourth-order valence-corrected chi connectivity index (χ4v) is 26.1. The molecule has 0 amide bonds. The highest BCUT2D eigenvalue weighted by molar-refractivity contribution is 6.22. The standard InChI is InChI=1S/C136H172O9/c1-11-17-23-29-35-41-70-133(71-42-36-30-24-18-12-2)123-88-99(7)50-60-113(123)114-64-54-104(93-124(114)133)105-55-65-115-116-66-56-106(95-126(116)134(125(115)94-105,72-43-37-31-25-19-13-3)73-44-38-32-26-20-14-4)107-57-67-117-118-68-58-108(97-128(118)135(127(117)96-107,74-45-39-33-27-21-15-5)75-46-40-34-28-22-16-6)109-59-69-120-119-63-53-103(92-129(119)136(130(120)98-109,76-78-142-84-86-144-82-80-139-8)77-79-143-85-87-145-83-81-140-9)102-52-62-112-111-61-51-101(90-121(111)131(137)122(112)91-102)100-48-47-49-110(89-100)132(138)141-10/h47-69,88-98H,11-46,70-87H2,1-10H3. The summed E-state index contributed by atoms with van der Waals surface area (Å²) in [6.45, 7) is 21.4.